The van der Waals surface area contributed by atoms with Crippen molar-refractivity contribution in [1.29, 1.82) is 0 Å². The summed E-state index contributed by atoms with van der Waals surface area (Å²) in [4.78, 5) is 15.7. The second-order valence-electron chi connectivity index (χ2n) is 15.2. The molecule has 1 heterocycles. The van der Waals surface area contributed by atoms with Crippen molar-refractivity contribution in [3.8, 4) is 78.7 Å². The van der Waals surface area contributed by atoms with Gasteiger partial charge in [0.05, 0.1) is 0 Å². The van der Waals surface area contributed by atoms with Crippen molar-refractivity contribution in [1.82, 2.24) is 15.0 Å². The van der Waals surface area contributed by atoms with Gasteiger partial charge in [0, 0.05) is 16.7 Å². The van der Waals surface area contributed by atoms with Crippen molar-refractivity contribution in [2.24, 2.45) is 0 Å². The third kappa shape index (κ3) is 6.68. The summed E-state index contributed by atoms with van der Waals surface area (Å²) >= 11 is 0. The van der Waals surface area contributed by atoms with Crippen molar-refractivity contribution in [2.75, 3.05) is 0 Å². The average Bonchev–Trinajstić information content (AvgIpc) is 3.33. The zero-order chi connectivity index (χ0) is 39.8. The Morgan fingerprint density at radius 1 is 0.200 bits per heavy atom. The molecule has 0 aliphatic heterocycles. The number of nitrogens with zero attached hydrogens (tertiary/aromatic N) is 3. The van der Waals surface area contributed by atoms with E-state index >= 15 is 0 Å². The summed E-state index contributed by atoms with van der Waals surface area (Å²) in [6.07, 6.45) is 0. The summed E-state index contributed by atoms with van der Waals surface area (Å²) < 4.78 is 0. The van der Waals surface area contributed by atoms with E-state index in [0.717, 1.165) is 38.9 Å². The minimum Gasteiger partial charge on any atom is -0.208 e. The number of hydrogen-bond donors (Lipinski definition) is 0. The molecule has 0 saturated carbocycles. The molecule has 11 rings (SSSR count). The van der Waals surface area contributed by atoms with Gasteiger partial charge < -0.3 is 0 Å². The fourth-order valence-corrected chi connectivity index (χ4v) is 8.44. The van der Waals surface area contributed by atoms with Crippen LogP contribution in [-0.2, 0) is 0 Å². The predicted molar refractivity (Wildman–Crippen MR) is 250 cm³/mol. The molecule has 11 aromatic rings. The van der Waals surface area contributed by atoms with Crippen LogP contribution in [0.3, 0.4) is 0 Å². The highest BCUT2D eigenvalue weighted by molar-refractivity contribution is 5.98. The molecule has 280 valence electrons. The third-order valence-electron chi connectivity index (χ3n) is 11.5. The Kier molecular flexibility index (Phi) is 8.83. The van der Waals surface area contributed by atoms with E-state index in [1.807, 2.05) is 0 Å². The minimum atomic E-state index is 0.622. The molecule has 0 spiro atoms. The van der Waals surface area contributed by atoms with Crippen LogP contribution in [0.15, 0.2) is 224 Å². The van der Waals surface area contributed by atoms with E-state index < -0.39 is 0 Å². The number of rotatable bonds is 7. The highest BCUT2D eigenvalue weighted by Crippen LogP contribution is 2.36. The van der Waals surface area contributed by atoms with Crippen LogP contribution in [0.4, 0.5) is 0 Å². The van der Waals surface area contributed by atoms with Crippen LogP contribution in [0.1, 0.15) is 0 Å². The van der Waals surface area contributed by atoms with Gasteiger partial charge in [-0.15, -0.1) is 0 Å². The Morgan fingerprint density at radius 2 is 0.550 bits per heavy atom. The highest BCUT2D eigenvalue weighted by atomic mass is 15.0. The molecule has 3 nitrogen and oxygen atoms in total. The van der Waals surface area contributed by atoms with E-state index in [2.05, 4.69) is 224 Å². The van der Waals surface area contributed by atoms with Crippen molar-refractivity contribution >= 4 is 32.3 Å². The van der Waals surface area contributed by atoms with Crippen LogP contribution >= 0.6 is 0 Å². The van der Waals surface area contributed by atoms with E-state index in [4.69, 9.17) is 15.0 Å². The smallest absolute Gasteiger partial charge is 0.164 e. The summed E-state index contributed by atoms with van der Waals surface area (Å²) in [5.74, 6) is 1.87. The van der Waals surface area contributed by atoms with Crippen molar-refractivity contribution < 1.29 is 0 Å². The van der Waals surface area contributed by atoms with Crippen molar-refractivity contribution in [3.63, 3.8) is 0 Å². The van der Waals surface area contributed by atoms with E-state index in [1.54, 1.807) is 0 Å². The molecule has 1 aromatic heterocycles. The van der Waals surface area contributed by atoms with Crippen molar-refractivity contribution in [2.45, 2.75) is 0 Å². The summed E-state index contributed by atoms with van der Waals surface area (Å²) in [6, 6.07) is 79.6. The summed E-state index contributed by atoms with van der Waals surface area (Å²) in [6.45, 7) is 0. The molecule has 0 aliphatic rings. The molecule has 0 fully saturated rings. The first-order valence-corrected chi connectivity index (χ1v) is 20.3. The van der Waals surface area contributed by atoms with Crippen LogP contribution in [-0.4, -0.2) is 15.0 Å². The van der Waals surface area contributed by atoms with Crippen LogP contribution in [0.25, 0.3) is 111 Å². The van der Waals surface area contributed by atoms with E-state index in [-0.39, 0.29) is 0 Å². The van der Waals surface area contributed by atoms with E-state index in [1.165, 1.54) is 54.6 Å². The monoisotopic (exact) mass is 763 g/mol. The Bertz CT molecular complexity index is 3240. The van der Waals surface area contributed by atoms with Gasteiger partial charge in [-0.05, 0) is 107 Å². The SMILES string of the molecule is c1ccc(-c2ccc3cc(-c4cccc(-c5nc(-c6cccc(-c7cccc8ccccc78)c6)nc(-c6cccc(-c7cccc8ccccc78)c6)n5)c4)ccc3c2)cc1. The minimum absolute atomic E-state index is 0.622. The second kappa shape index (κ2) is 15.1. The second-order valence-corrected chi connectivity index (χ2v) is 15.2. The summed E-state index contributed by atoms with van der Waals surface area (Å²) in [5, 5.41) is 7.24. The first-order valence-electron chi connectivity index (χ1n) is 20.3. The van der Waals surface area contributed by atoms with Crippen molar-refractivity contribution in [3.05, 3.63) is 224 Å². The van der Waals surface area contributed by atoms with Gasteiger partial charge in [-0.1, -0.05) is 194 Å². The lowest BCUT2D eigenvalue weighted by Crippen LogP contribution is -2.00. The lowest BCUT2D eigenvalue weighted by atomic mass is 9.96. The maximum atomic E-state index is 5.22. The van der Waals surface area contributed by atoms with Gasteiger partial charge in [-0.3, -0.25) is 0 Å². The number of benzene rings is 10. The fraction of sp³-hybridized carbons (Fsp3) is 0. The molecule has 0 atom stereocenters. The van der Waals surface area contributed by atoms with E-state index in [0.29, 0.717) is 17.5 Å². The van der Waals surface area contributed by atoms with Crippen LogP contribution in [0, 0.1) is 0 Å². The van der Waals surface area contributed by atoms with Gasteiger partial charge in [-0.25, -0.2) is 15.0 Å². The first-order chi connectivity index (χ1) is 29.7. The van der Waals surface area contributed by atoms with Gasteiger partial charge in [0.2, 0.25) is 0 Å². The molecule has 0 amide bonds. The standard InChI is InChI=1S/C57H37N3/c1-2-13-38(14-3-1)42-29-30-45-34-43(31-32-44(45)33-42)41-19-8-22-48(35-41)55-58-56(49-23-9-20-46(36-49)53-27-11-17-39-15-4-6-25-51(39)53)60-57(59-55)50-24-10-21-47(37-50)54-28-12-18-40-16-5-7-26-52(40)54/h1-37H. The zero-order valence-electron chi connectivity index (χ0n) is 32.7. The molecule has 0 bridgehead atoms. The fourth-order valence-electron chi connectivity index (χ4n) is 8.44. The molecule has 60 heavy (non-hydrogen) atoms. The van der Waals surface area contributed by atoms with Gasteiger partial charge >= 0.3 is 0 Å². The normalized spacial score (nSPS) is 11.3. The molecule has 0 radical (unpaired) electrons. The topological polar surface area (TPSA) is 38.7 Å². The molecular weight excluding hydrogens is 727 g/mol. The van der Waals surface area contributed by atoms with Crippen LogP contribution < -0.4 is 0 Å². The maximum Gasteiger partial charge on any atom is 0.164 e. The summed E-state index contributed by atoms with van der Waals surface area (Å²) in [7, 11) is 0. The van der Waals surface area contributed by atoms with Crippen LogP contribution in [0.5, 0.6) is 0 Å². The molecule has 0 N–H and O–H groups in total. The van der Waals surface area contributed by atoms with Gasteiger partial charge in [-0.2, -0.15) is 0 Å². The summed E-state index contributed by atoms with van der Waals surface area (Å²) in [5.41, 5.74) is 12.0. The molecule has 0 aliphatic carbocycles. The van der Waals surface area contributed by atoms with Gasteiger partial charge in [0.15, 0.2) is 17.5 Å². The Morgan fingerprint density at radius 3 is 1.07 bits per heavy atom. The molecular formula is C57H37N3. The third-order valence-corrected chi connectivity index (χ3v) is 11.5. The van der Waals surface area contributed by atoms with Gasteiger partial charge in [0.1, 0.15) is 0 Å². The predicted octanol–water partition coefficient (Wildman–Crippen LogP) is 15.0. The Hall–Kier alpha value is -8.01. The molecule has 10 aromatic carbocycles. The quantitative estimate of drug-likeness (QED) is 0.162. The number of hydrogen-bond acceptors (Lipinski definition) is 3. The number of fused-ring (bicyclic) bond motifs is 3. The average molecular weight is 764 g/mol. The number of aromatic nitrogens is 3. The molecule has 0 saturated heterocycles. The first kappa shape index (κ1) is 35.2. The largest absolute Gasteiger partial charge is 0.208 e. The highest BCUT2D eigenvalue weighted by Gasteiger charge is 2.16. The zero-order valence-corrected chi connectivity index (χ0v) is 32.7. The Balaban J connectivity index is 1.03. The molecule has 3 heteroatoms. The lowest BCUT2D eigenvalue weighted by Gasteiger charge is -2.12. The lowest BCUT2D eigenvalue weighted by molar-refractivity contribution is 1.07. The van der Waals surface area contributed by atoms with Gasteiger partial charge in [0.25, 0.3) is 0 Å². The Labute approximate surface area is 349 Å². The molecule has 0 unspecified atom stereocenters. The maximum absolute atomic E-state index is 5.22. The van der Waals surface area contributed by atoms with E-state index in [9.17, 15) is 0 Å². The van der Waals surface area contributed by atoms with Crippen LogP contribution in [0.2, 0.25) is 0 Å².